The van der Waals surface area contributed by atoms with Crippen molar-refractivity contribution >= 4 is 27.7 Å². The van der Waals surface area contributed by atoms with Crippen molar-refractivity contribution < 1.29 is 4.74 Å². The van der Waals surface area contributed by atoms with E-state index in [1.807, 2.05) is 37.3 Å². The zero-order valence-electron chi connectivity index (χ0n) is 15.1. The summed E-state index contributed by atoms with van der Waals surface area (Å²) in [4.78, 5) is 0. The van der Waals surface area contributed by atoms with Crippen molar-refractivity contribution in [3.63, 3.8) is 0 Å². The maximum Gasteiger partial charge on any atom is 0.191 e. The highest BCUT2D eigenvalue weighted by atomic mass is 79.9. The Morgan fingerprint density at radius 3 is 2.69 bits per heavy atom. The van der Waals surface area contributed by atoms with Crippen molar-refractivity contribution in [1.29, 1.82) is 0 Å². The number of hydrogen-bond donors (Lipinski definition) is 0. The summed E-state index contributed by atoms with van der Waals surface area (Å²) < 4.78 is 9.30. The first-order valence-electron chi connectivity index (χ1n) is 8.60. The molecule has 1 heterocycles. The van der Waals surface area contributed by atoms with Crippen molar-refractivity contribution in [3.8, 4) is 5.75 Å². The zero-order chi connectivity index (χ0) is 18.5. The highest BCUT2D eigenvalue weighted by molar-refractivity contribution is 9.10. The highest BCUT2D eigenvalue weighted by Gasteiger charge is 2.18. The van der Waals surface area contributed by atoms with E-state index in [1.54, 1.807) is 11.8 Å². The van der Waals surface area contributed by atoms with Crippen LogP contribution in [-0.2, 0) is 12.3 Å². The molecule has 0 amide bonds. The minimum Gasteiger partial charge on any atom is -0.483 e. The predicted octanol–water partition coefficient (Wildman–Crippen LogP) is 5.80. The molecule has 0 N–H and O–H groups in total. The first-order chi connectivity index (χ1) is 12.6. The van der Waals surface area contributed by atoms with E-state index in [0.29, 0.717) is 0 Å². The fourth-order valence-corrected chi connectivity index (χ4v) is 4.12. The number of nitrogens with zero attached hydrogens (tertiary/aromatic N) is 3. The minimum absolute atomic E-state index is 0.163. The number of ether oxygens (including phenoxy) is 1. The van der Waals surface area contributed by atoms with Crippen LogP contribution in [0.15, 0.2) is 58.2 Å². The number of benzene rings is 2. The van der Waals surface area contributed by atoms with Crippen molar-refractivity contribution in [2.45, 2.75) is 44.3 Å². The lowest BCUT2D eigenvalue weighted by Gasteiger charge is -2.16. The highest BCUT2D eigenvalue weighted by Crippen LogP contribution is 2.27. The molecule has 26 heavy (non-hydrogen) atoms. The summed E-state index contributed by atoms with van der Waals surface area (Å²) in [7, 11) is 0. The van der Waals surface area contributed by atoms with E-state index < -0.39 is 0 Å². The Morgan fingerprint density at radius 1 is 1.15 bits per heavy atom. The summed E-state index contributed by atoms with van der Waals surface area (Å²) in [5.74, 6) is 2.56. The van der Waals surface area contributed by atoms with E-state index in [9.17, 15) is 0 Å². The van der Waals surface area contributed by atoms with Crippen LogP contribution in [0.25, 0.3) is 0 Å². The van der Waals surface area contributed by atoms with Gasteiger partial charge in [0, 0.05) is 16.8 Å². The second-order valence-electron chi connectivity index (χ2n) is 6.08. The van der Waals surface area contributed by atoms with Gasteiger partial charge in [-0.05, 0) is 56.2 Å². The van der Waals surface area contributed by atoms with Gasteiger partial charge < -0.3 is 9.30 Å². The molecule has 0 aliphatic rings. The number of aryl methyl sites for hydroxylation is 1. The quantitative estimate of drug-likeness (QED) is 0.443. The molecule has 0 aliphatic carbocycles. The van der Waals surface area contributed by atoms with E-state index in [-0.39, 0.29) is 6.10 Å². The number of rotatable bonds is 7. The van der Waals surface area contributed by atoms with Crippen LogP contribution in [0.1, 0.15) is 36.9 Å². The summed E-state index contributed by atoms with van der Waals surface area (Å²) >= 11 is 5.21. The van der Waals surface area contributed by atoms with Crippen LogP contribution in [0.4, 0.5) is 0 Å². The molecule has 136 valence electrons. The summed E-state index contributed by atoms with van der Waals surface area (Å²) in [5.41, 5.74) is 2.43. The van der Waals surface area contributed by atoms with Gasteiger partial charge in [-0.1, -0.05) is 52.0 Å². The van der Waals surface area contributed by atoms with Gasteiger partial charge in [0.25, 0.3) is 0 Å². The topological polar surface area (TPSA) is 39.9 Å². The molecule has 0 bridgehead atoms. The molecular formula is C20H22BrN3OS. The van der Waals surface area contributed by atoms with E-state index in [2.05, 4.69) is 62.7 Å². The standard InChI is InChI=1S/C20H22BrN3OS/c1-4-24-19(15(3)25-18-10-5-7-14(2)11-18)22-23-20(24)26-13-16-8-6-9-17(21)12-16/h5-12,15H,4,13H2,1-3H3. The van der Waals surface area contributed by atoms with Crippen molar-refractivity contribution in [1.82, 2.24) is 14.8 Å². The second kappa shape index (κ2) is 8.73. The molecular weight excluding hydrogens is 410 g/mol. The number of thioether (sulfide) groups is 1. The lowest BCUT2D eigenvalue weighted by Crippen LogP contribution is -2.12. The molecule has 4 nitrogen and oxygen atoms in total. The molecule has 0 aliphatic heterocycles. The van der Waals surface area contributed by atoms with Gasteiger partial charge in [0.2, 0.25) is 0 Å². The third kappa shape index (κ3) is 4.68. The normalized spacial score (nSPS) is 12.2. The predicted molar refractivity (Wildman–Crippen MR) is 110 cm³/mol. The lowest BCUT2D eigenvalue weighted by atomic mass is 10.2. The summed E-state index contributed by atoms with van der Waals surface area (Å²) in [6.45, 7) is 6.99. The average molecular weight is 432 g/mol. The van der Waals surface area contributed by atoms with Crippen molar-refractivity contribution in [3.05, 3.63) is 70.0 Å². The molecule has 3 rings (SSSR count). The summed E-state index contributed by atoms with van der Waals surface area (Å²) in [5, 5.41) is 9.70. The second-order valence-corrected chi connectivity index (χ2v) is 7.94. The van der Waals surface area contributed by atoms with Gasteiger partial charge in [-0.2, -0.15) is 0 Å². The van der Waals surface area contributed by atoms with Gasteiger partial charge in [0.15, 0.2) is 17.1 Å². The molecule has 0 fully saturated rings. The van der Waals surface area contributed by atoms with Crippen LogP contribution >= 0.6 is 27.7 Å². The Hall–Kier alpha value is -1.79. The number of hydrogen-bond acceptors (Lipinski definition) is 4. The lowest BCUT2D eigenvalue weighted by molar-refractivity contribution is 0.210. The van der Waals surface area contributed by atoms with Crippen LogP contribution in [0.5, 0.6) is 5.75 Å². The van der Waals surface area contributed by atoms with Gasteiger partial charge >= 0.3 is 0 Å². The molecule has 1 aromatic heterocycles. The minimum atomic E-state index is -0.163. The number of aromatic nitrogens is 3. The number of halogens is 1. The van der Waals surface area contributed by atoms with E-state index in [1.165, 1.54) is 11.1 Å². The third-order valence-electron chi connectivity index (χ3n) is 3.98. The molecule has 0 radical (unpaired) electrons. The molecule has 1 atom stereocenters. The fourth-order valence-electron chi connectivity index (χ4n) is 2.72. The average Bonchev–Trinajstić information content (AvgIpc) is 3.03. The first-order valence-corrected chi connectivity index (χ1v) is 10.4. The van der Waals surface area contributed by atoms with Crippen LogP contribution in [-0.4, -0.2) is 14.8 Å². The summed E-state index contributed by atoms with van der Waals surface area (Å²) in [6.07, 6.45) is -0.163. The fraction of sp³-hybridized carbons (Fsp3) is 0.300. The van der Waals surface area contributed by atoms with Gasteiger partial charge in [-0.3, -0.25) is 0 Å². The maximum absolute atomic E-state index is 6.08. The Morgan fingerprint density at radius 2 is 1.96 bits per heavy atom. The first kappa shape index (κ1) is 19.0. The summed E-state index contributed by atoms with van der Waals surface area (Å²) in [6, 6.07) is 16.4. The van der Waals surface area contributed by atoms with Gasteiger partial charge in [-0.15, -0.1) is 10.2 Å². The molecule has 0 saturated heterocycles. The Kier molecular flexibility index (Phi) is 6.38. The van der Waals surface area contributed by atoms with Crippen LogP contribution in [0.2, 0.25) is 0 Å². The van der Waals surface area contributed by atoms with Crippen molar-refractivity contribution in [2.24, 2.45) is 0 Å². The monoisotopic (exact) mass is 431 g/mol. The van der Waals surface area contributed by atoms with E-state index in [0.717, 1.165) is 33.5 Å². The van der Waals surface area contributed by atoms with Crippen LogP contribution in [0, 0.1) is 6.92 Å². The van der Waals surface area contributed by atoms with E-state index >= 15 is 0 Å². The molecule has 1 unspecified atom stereocenters. The van der Waals surface area contributed by atoms with Crippen molar-refractivity contribution in [2.75, 3.05) is 0 Å². The zero-order valence-corrected chi connectivity index (χ0v) is 17.5. The molecule has 6 heteroatoms. The Bertz CT molecular complexity index is 881. The largest absolute Gasteiger partial charge is 0.483 e. The Labute approximate surface area is 167 Å². The SMILES string of the molecule is CCn1c(SCc2cccc(Br)c2)nnc1C(C)Oc1cccc(C)c1. The van der Waals surface area contributed by atoms with Gasteiger partial charge in [0.05, 0.1) is 0 Å². The maximum atomic E-state index is 6.08. The van der Waals surface area contributed by atoms with Crippen LogP contribution < -0.4 is 4.74 Å². The smallest absolute Gasteiger partial charge is 0.191 e. The molecule has 0 spiro atoms. The van der Waals surface area contributed by atoms with Gasteiger partial charge in [0.1, 0.15) is 5.75 Å². The molecule has 2 aromatic carbocycles. The molecule has 0 saturated carbocycles. The molecule has 3 aromatic rings. The van der Waals surface area contributed by atoms with E-state index in [4.69, 9.17) is 4.74 Å². The third-order valence-corrected chi connectivity index (χ3v) is 5.52. The Balaban J connectivity index is 1.72. The van der Waals surface area contributed by atoms with Crippen LogP contribution in [0.3, 0.4) is 0 Å². The van der Waals surface area contributed by atoms with Gasteiger partial charge in [-0.25, -0.2) is 0 Å².